The van der Waals surface area contributed by atoms with E-state index in [1.165, 1.54) is 25.3 Å². The molecule has 1 heterocycles. The van der Waals surface area contributed by atoms with Crippen LogP contribution < -0.4 is 5.32 Å². The van der Waals surface area contributed by atoms with Gasteiger partial charge in [-0.15, -0.1) is 0 Å². The molecule has 2 rings (SSSR count). The van der Waals surface area contributed by atoms with Crippen LogP contribution in [0.4, 0.5) is 4.39 Å². The molecular weight excluding hydrogens is 293 g/mol. The lowest BCUT2D eigenvalue weighted by Gasteiger charge is -2.27. The van der Waals surface area contributed by atoms with Crippen molar-refractivity contribution in [3.8, 4) is 0 Å². The molecule has 0 saturated carbocycles. The molecular formula is C15H19BrFN. The van der Waals surface area contributed by atoms with Gasteiger partial charge in [0.1, 0.15) is 5.82 Å². The molecule has 1 aliphatic rings. The summed E-state index contributed by atoms with van der Waals surface area (Å²) >= 11 is 3.21. The third-order valence-corrected chi connectivity index (χ3v) is 4.20. The molecule has 98 valence electrons. The number of piperidine rings is 1. The fourth-order valence-electron chi connectivity index (χ4n) is 2.39. The second kappa shape index (κ2) is 6.48. The molecule has 1 aromatic carbocycles. The average Bonchev–Trinajstić information content (AvgIpc) is 2.40. The van der Waals surface area contributed by atoms with Crippen molar-refractivity contribution in [2.45, 2.75) is 32.2 Å². The van der Waals surface area contributed by atoms with Crippen molar-refractivity contribution in [1.82, 2.24) is 5.32 Å². The summed E-state index contributed by atoms with van der Waals surface area (Å²) < 4.78 is 13.6. The molecule has 1 N–H and O–H groups in total. The number of benzene rings is 1. The molecule has 18 heavy (non-hydrogen) atoms. The molecule has 1 saturated heterocycles. The largest absolute Gasteiger partial charge is 0.310 e. The normalized spacial score (nSPS) is 24.6. The van der Waals surface area contributed by atoms with Crippen LogP contribution in [-0.2, 0) is 0 Å². The molecule has 1 aromatic rings. The van der Waals surface area contributed by atoms with Crippen LogP contribution in [0.2, 0.25) is 0 Å². The smallest absolute Gasteiger partial charge is 0.137 e. The van der Waals surface area contributed by atoms with Gasteiger partial charge in [0.05, 0.1) is 4.47 Å². The number of halogens is 2. The number of hydrogen-bond acceptors (Lipinski definition) is 1. The van der Waals surface area contributed by atoms with Crippen LogP contribution in [-0.4, -0.2) is 12.6 Å². The predicted octanol–water partition coefficient (Wildman–Crippen LogP) is 4.38. The number of hydrogen-bond donors (Lipinski definition) is 1. The fraction of sp³-hybridized carbons (Fsp3) is 0.467. The van der Waals surface area contributed by atoms with Gasteiger partial charge in [0, 0.05) is 6.04 Å². The van der Waals surface area contributed by atoms with Crippen LogP contribution in [0.3, 0.4) is 0 Å². The lowest BCUT2D eigenvalue weighted by atomic mass is 9.90. The quantitative estimate of drug-likeness (QED) is 0.873. The Hall–Kier alpha value is -0.670. The second-order valence-corrected chi connectivity index (χ2v) is 5.75. The van der Waals surface area contributed by atoms with Gasteiger partial charge in [-0.25, -0.2) is 4.39 Å². The van der Waals surface area contributed by atoms with E-state index < -0.39 is 0 Å². The van der Waals surface area contributed by atoms with Crippen molar-refractivity contribution in [1.29, 1.82) is 0 Å². The van der Waals surface area contributed by atoms with E-state index in [1.807, 2.05) is 6.07 Å². The van der Waals surface area contributed by atoms with Crippen LogP contribution >= 0.6 is 15.9 Å². The van der Waals surface area contributed by atoms with Gasteiger partial charge in [-0.05, 0) is 58.9 Å². The van der Waals surface area contributed by atoms with Crippen molar-refractivity contribution >= 4 is 22.0 Å². The predicted molar refractivity (Wildman–Crippen MR) is 77.9 cm³/mol. The van der Waals surface area contributed by atoms with Gasteiger partial charge in [0.25, 0.3) is 0 Å². The summed E-state index contributed by atoms with van der Waals surface area (Å²) in [6, 6.07) is 5.56. The van der Waals surface area contributed by atoms with Crippen molar-refractivity contribution < 1.29 is 4.39 Å². The van der Waals surface area contributed by atoms with E-state index in [0.717, 1.165) is 18.0 Å². The summed E-state index contributed by atoms with van der Waals surface area (Å²) in [5.41, 5.74) is 1.03. The van der Waals surface area contributed by atoms with Crippen LogP contribution in [0.1, 0.15) is 31.7 Å². The summed E-state index contributed by atoms with van der Waals surface area (Å²) in [7, 11) is 0. The third kappa shape index (κ3) is 3.66. The molecule has 0 aliphatic carbocycles. The minimum atomic E-state index is -0.214. The summed E-state index contributed by atoms with van der Waals surface area (Å²) in [5, 5.41) is 3.51. The lowest BCUT2D eigenvalue weighted by Crippen LogP contribution is -2.36. The van der Waals surface area contributed by atoms with E-state index in [0.29, 0.717) is 10.5 Å². The van der Waals surface area contributed by atoms with Gasteiger partial charge in [-0.1, -0.05) is 31.6 Å². The van der Waals surface area contributed by atoms with Crippen LogP contribution in [0.15, 0.2) is 28.7 Å². The Morgan fingerprint density at radius 3 is 3.06 bits per heavy atom. The Labute approximate surface area is 117 Å². The first kappa shape index (κ1) is 13.8. The first-order chi connectivity index (χ1) is 8.69. The maximum atomic E-state index is 13.1. The standard InChI is InChI=1S/C15H19BrFN/c1-2-11-7-8-18-13(9-11)5-3-12-4-6-15(17)14(16)10-12/h3-6,10-11,13,18H,2,7-9H2,1H3/b5-3+. The monoisotopic (exact) mass is 311 g/mol. The highest BCUT2D eigenvalue weighted by Crippen LogP contribution is 2.21. The summed E-state index contributed by atoms with van der Waals surface area (Å²) in [4.78, 5) is 0. The Bertz CT molecular complexity index is 431. The fourth-order valence-corrected chi connectivity index (χ4v) is 2.79. The van der Waals surface area contributed by atoms with Gasteiger partial charge in [0.15, 0.2) is 0 Å². The third-order valence-electron chi connectivity index (χ3n) is 3.59. The molecule has 3 heteroatoms. The second-order valence-electron chi connectivity index (χ2n) is 4.89. The molecule has 0 aromatic heterocycles. The minimum absolute atomic E-state index is 0.214. The van der Waals surface area contributed by atoms with Gasteiger partial charge in [0.2, 0.25) is 0 Å². The van der Waals surface area contributed by atoms with E-state index in [9.17, 15) is 4.39 Å². The first-order valence-corrected chi connectivity index (χ1v) is 7.35. The molecule has 2 atom stereocenters. The molecule has 0 spiro atoms. The summed E-state index contributed by atoms with van der Waals surface area (Å²) in [6.07, 6.45) is 8.01. The summed E-state index contributed by atoms with van der Waals surface area (Å²) in [6.45, 7) is 3.36. The van der Waals surface area contributed by atoms with Gasteiger partial charge in [-0.2, -0.15) is 0 Å². The number of nitrogens with one attached hydrogen (secondary N) is 1. The lowest BCUT2D eigenvalue weighted by molar-refractivity contribution is 0.326. The Morgan fingerprint density at radius 1 is 1.50 bits per heavy atom. The zero-order chi connectivity index (χ0) is 13.0. The number of rotatable bonds is 3. The van der Waals surface area contributed by atoms with Crippen LogP contribution in [0.5, 0.6) is 0 Å². The molecule has 0 radical (unpaired) electrons. The Morgan fingerprint density at radius 2 is 2.33 bits per heavy atom. The molecule has 2 unspecified atom stereocenters. The zero-order valence-corrected chi connectivity index (χ0v) is 12.2. The van der Waals surface area contributed by atoms with Crippen molar-refractivity contribution in [3.63, 3.8) is 0 Å². The first-order valence-electron chi connectivity index (χ1n) is 6.55. The topological polar surface area (TPSA) is 12.0 Å². The van der Waals surface area contributed by atoms with E-state index in [-0.39, 0.29) is 5.82 Å². The van der Waals surface area contributed by atoms with E-state index >= 15 is 0 Å². The van der Waals surface area contributed by atoms with Crippen molar-refractivity contribution in [2.24, 2.45) is 5.92 Å². The minimum Gasteiger partial charge on any atom is -0.310 e. The van der Waals surface area contributed by atoms with Gasteiger partial charge in [-0.3, -0.25) is 0 Å². The highest BCUT2D eigenvalue weighted by molar-refractivity contribution is 9.10. The Kier molecular flexibility index (Phi) is 4.95. The Balaban J connectivity index is 1.99. The zero-order valence-electron chi connectivity index (χ0n) is 10.6. The molecule has 1 nitrogen and oxygen atoms in total. The maximum absolute atomic E-state index is 13.1. The van der Waals surface area contributed by atoms with Crippen molar-refractivity contribution in [2.75, 3.05) is 6.54 Å². The average molecular weight is 312 g/mol. The molecule has 0 bridgehead atoms. The molecule has 1 aliphatic heterocycles. The SMILES string of the molecule is CCC1CCNC(/C=C/c2ccc(F)c(Br)c2)C1. The van der Waals surface area contributed by atoms with E-state index in [1.54, 1.807) is 6.07 Å². The maximum Gasteiger partial charge on any atom is 0.137 e. The highest BCUT2D eigenvalue weighted by Gasteiger charge is 2.17. The van der Waals surface area contributed by atoms with E-state index in [2.05, 4.69) is 40.3 Å². The van der Waals surface area contributed by atoms with Crippen LogP contribution in [0, 0.1) is 11.7 Å². The van der Waals surface area contributed by atoms with Gasteiger partial charge < -0.3 is 5.32 Å². The molecule has 1 fully saturated rings. The van der Waals surface area contributed by atoms with Gasteiger partial charge >= 0.3 is 0 Å². The van der Waals surface area contributed by atoms with E-state index in [4.69, 9.17) is 0 Å². The summed E-state index contributed by atoms with van der Waals surface area (Å²) in [5.74, 6) is 0.620. The van der Waals surface area contributed by atoms with Crippen LogP contribution in [0.25, 0.3) is 6.08 Å². The highest BCUT2D eigenvalue weighted by atomic mass is 79.9. The van der Waals surface area contributed by atoms with Crippen molar-refractivity contribution in [3.05, 3.63) is 40.1 Å². The molecule has 0 amide bonds.